The van der Waals surface area contributed by atoms with Gasteiger partial charge in [-0.1, -0.05) is 6.92 Å². The number of aromatic amines is 1. The van der Waals surface area contributed by atoms with Gasteiger partial charge >= 0.3 is 0 Å². The summed E-state index contributed by atoms with van der Waals surface area (Å²) in [5.74, 6) is 0.704. The number of nitrogens with one attached hydrogen (secondary N) is 1. The maximum Gasteiger partial charge on any atom is 0.202 e. The summed E-state index contributed by atoms with van der Waals surface area (Å²) in [6, 6.07) is 3.09. The normalized spacial score (nSPS) is 11.7. The van der Waals surface area contributed by atoms with E-state index in [1.54, 1.807) is 6.07 Å². The number of hydrogen-bond donors (Lipinski definition) is 1. The Kier molecular flexibility index (Phi) is 3.76. The SMILES string of the molecule is CCc1n[nH]c(CS(=O)(=O)c2ccc(Br)cn2)n1. The lowest BCUT2D eigenvalue weighted by Gasteiger charge is -2.00. The van der Waals surface area contributed by atoms with Gasteiger partial charge in [0.05, 0.1) is 0 Å². The highest BCUT2D eigenvalue weighted by molar-refractivity contribution is 9.10. The Labute approximate surface area is 113 Å². The average molecular weight is 331 g/mol. The second-order valence-electron chi connectivity index (χ2n) is 3.63. The van der Waals surface area contributed by atoms with Gasteiger partial charge in [0.2, 0.25) is 9.84 Å². The van der Waals surface area contributed by atoms with E-state index < -0.39 is 9.84 Å². The number of aryl methyl sites for hydroxylation is 1. The van der Waals surface area contributed by atoms with Crippen molar-refractivity contribution in [3.05, 3.63) is 34.5 Å². The van der Waals surface area contributed by atoms with Crippen LogP contribution in [-0.4, -0.2) is 28.6 Å². The van der Waals surface area contributed by atoms with Crippen molar-refractivity contribution in [2.45, 2.75) is 24.1 Å². The third-order valence-electron chi connectivity index (χ3n) is 2.24. The quantitative estimate of drug-likeness (QED) is 0.917. The third kappa shape index (κ3) is 2.94. The predicted molar refractivity (Wildman–Crippen MR) is 68.6 cm³/mol. The molecule has 0 amide bonds. The molecular weight excluding hydrogens is 320 g/mol. The van der Waals surface area contributed by atoms with Crippen LogP contribution < -0.4 is 0 Å². The summed E-state index contributed by atoms with van der Waals surface area (Å²) >= 11 is 3.21. The largest absolute Gasteiger partial charge is 0.262 e. The Morgan fingerprint density at radius 1 is 1.39 bits per heavy atom. The predicted octanol–water partition coefficient (Wildman–Crippen LogP) is 1.50. The Morgan fingerprint density at radius 2 is 2.17 bits per heavy atom. The molecule has 0 atom stereocenters. The molecule has 0 saturated carbocycles. The molecule has 1 N–H and O–H groups in total. The molecule has 18 heavy (non-hydrogen) atoms. The van der Waals surface area contributed by atoms with Gasteiger partial charge in [-0.3, -0.25) is 5.10 Å². The molecule has 2 aromatic heterocycles. The number of nitrogens with zero attached hydrogens (tertiary/aromatic N) is 3. The number of aromatic nitrogens is 4. The minimum absolute atomic E-state index is 0.0279. The molecule has 0 unspecified atom stereocenters. The molecule has 2 aromatic rings. The first kappa shape index (κ1) is 13.2. The van der Waals surface area contributed by atoms with Gasteiger partial charge in [-0.15, -0.1) is 0 Å². The summed E-state index contributed by atoms with van der Waals surface area (Å²) in [6.45, 7) is 1.90. The first-order chi connectivity index (χ1) is 8.51. The van der Waals surface area contributed by atoms with Gasteiger partial charge in [0.1, 0.15) is 17.4 Å². The lowest BCUT2D eigenvalue weighted by molar-refractivity contribution is 0.590. The van der Waals surface area contributed by atoms with Crippen LogP contribution in [-0.2, 0) is 22.0 Å². The molecule has 0 fully saturated rings. The van der Waals surface area contributed by atoms with Crippen LogP contribution in [0.15, 0.2) is 27.8 Å². The van der Waals surface area contributed by atoms with E-state index in [0.29, 0.717) is 18.1 Å². The van der Waals surface area contributed by atoms with Crippen molar-refractivity contribution in [1.82, 2.24) is 20.2 Å². The van der Waals surface area contributed by atoms with Crippen LogP contribution in [0.3, 0.4) is 0 Å². The molecule has 6 nitrogen and oxygen atoms in total. The average Bonchev–Trinajstić information content (AvgIpc) is 2.76. The van der Waals surface area contributed by atoms with E-state index in [0.717, 1.165) is 4.47 Å². The van der Waals surface area contributed by atoms with Crippen molar-refractivity contribution in [2.75, 3.05) is 0 Å². The van der Waals surface area contributed by atoms with E-state index in [1.807, 2.05) is 6.92 Å². The molecule has 0 aliphatic heterocycles. The zero-order valence-corrected chi connectivity index (χ0v) is 12.0. The Morgan fingerprint density at radius 3 is 2.72 bits per heavy atom. The van der Waals surface area contributed by atoms with Gasteiger partial charge in [-0.25, -0.2) is 18.4 Å². The van der Waals surface area contributed by atoms with Crippen LogP contribution in [0.25, 0.3) is 0 Å². The van der Waals surface area contributed by atoms with Crippen LogP contribution in [0, 0.1) is 0 Å². The van der Waals surface area contributed by atoms with E-state index in [-0.39, 0.29) is 10.8 Å². The number of pyridine rings is 1. The summed E-state index contributed by atoms with van der Waals surface area (Å²) in [5.41, 5.74) is 0. The summed E-state index contributed by atoms with van der Waals surface area (Å²) < 4.78 is 24.8. The van der Waals surface area contributed by atoms with Gasteiger partial charge in [-0.2, -0.15) is 5.10 Å². The number of halogens is 1. The zero-order valence-electron chi connectivity index (χ0n) is 9.59. The third-order valence-corrected chi connectivity index (χ3v) is 4.24. The second-order valence-corrected chi connectivity index (χ2v) is 6.48. The topological polar surface area (TPSA) is 88.6 Å². The molecule has 0 radical (unpaired) electrons. The van der Waals surface area contributed by atoms with Crippen molar-refractivity contribution in [3.8, 4) is 0 Å². The van der Waals surface area contributed by atoms with Gasteiger partial charge in [0.15, 0.2) is 5.03 Å². The van der Waals surface area contributed by atoms with Crippen molar-refractivity contribution in [2.24, 2.45) is 0 Å². The molecule has 0 aliphatic rings. The van der Waals surface area contributed by atoms with Crippen molar-refractivity contribution in [3.63, 3.8) is 0 Å². The van der Waals surface area contributed by atoms with E-state index in [9.17, 15) is 8.42 Å². The number of H-pyrrole nitrogens is 1. The van der Waals surface area contributed by atoms with Gasteiger partial charge < -0.3 is 0 Å². The molecule has 0 saturated heterocycles. The van der Waals surface area contributed by atoms with Crippen LogP contribution in [0.2, 0.25) is 0 Å². The molecule has 2 heterocycles. The molecule has 8 heteroatoms. The summed E-state index contributed by atoms with van der Waals surface area (Å²) in [5, 5.41) is 6.54. The molecule has 96 valence electrons. The highest BCUT2D eigenvalue weighted by atomic mass is 79.9. The first-order valence-corrected chi connectivity index (χ1v) is 7.70. The van der Waals surface area contributed by atoms with Crippen LogP contribution in [0.1, 0.15) is 18.6 Å². The van der Waals surface area contributed by atoms with Crippen molar-refractivity contribution < 1.29 is 8.42 Å². The van der Waals surface area contributed by atoms with Gasteiger partial charge in [0, 0.05) is 17.1 Å². The summed E-state index contributed by atoms with van der Waals surface area (Å²) in [4.78, 5) is 7.95. The molecule has 0 spiro atoms. The monoisotopic (exact) mass is 330 g/mol. The fraction of sp³-hybridized carbons (Fsp3) is 0.300. The van der Waals surface area contributed by atoms with E-state index >= 15 is 0 Å². The fourth-order valence-electron chi connectivity index (χ4n) is 1.36. The summed E-state index contributed by atoms with van der Waals surface area (Å²) in [6.07, 6.45) is 2.11. The fourth-order valence-corrected chi connectivity index (χ4v) is 2.72. The van der Waals surface area contributed by atoms with Gasteiger partial charge in [-0.05, 0) is 28.1 Å². The molecule has 2 rings (SSSR count). The first-order valence-electron chi connectivity index (χ1n) is 5.25. The molecule has 0 aromatic carbocycles. The van der Waals surface area contributed by atoms with Crippen LogP contribution in [0.4, 0.5) is 0 Å². The lowest BCUT2D eigenvalue weighted by Crippen LogP contribution is -2.08. The lowest BCUT2D eigenvalue weighted by atomic mass is 10.5. The minimum Gasteiger partial charge on any atom is -0.262 e. The van der Waals surface area contributed by atoms with Crippen molar-refractivity contribution >= 4 is 25.8 Å². The maximum absolute atomic E-state index is 12.0. The number of sulfone groups is 1. The number of rotatable bonds is 4. The highest BCUT2D eigenvalue weighted by Gasteiger charge is 2.19. The number of hydrogen-bond acceptors (Lipinski definition) is 5. The molecular formula is C10H11BrN4O2S. The summed E-state index contributed by atoms with van der Waals surface area (Å²) in [7, 11) is -3.49. The van der Waals surface area contributed by atoms with E-state index in [1.165, 1.54) is 12.3 Å². The Balaban J connectivity index is 2.24. The van der Waals surface area contributed by atoms with E-state index in [2.05, 4.69) is 36.1 Å². The highest BCUT2D eigenvalue weighted by Crippen LogP contribution is 2.15. The van der Waals surface area contributed by atoms with Crippen LogP contribution >= 0.6 is 15.9 Å². The zero-order chi connectivity index (χ0) is 13.2. The molecule has 0 aliphatic carbocycles. The Hall–Kier alpha value is -1.28. The minimum atomic E-state index is -3.49. The maximum atomic E-state index is 12.0. The Bertz CT molecular complexity index is 636. The smallest absolute Gasteiger partial charge is 0.202 e. The van der Waals surface area contributed by atoms with Crippen LogP contribution in [0.5, 0.6) is 0 Å². The van der Waals surface area contributed by atoms with Crippen molar-refractivity contribution in [1.29, 1.82) is 0 Å². The van der Waals surface area contributed by atoms with E-state index in [4.69, 9.17) is 0 Å². The standard InChI is InChI=1S/C10H11BrN4O2S/c1-2-8-13-9(15-14-8)6-18(16,17)10-4-3-7(11)5-12-10/h3-5H,2,6H2,1H3,(H,13,14,15). The van der Waals surface area contributed by atoms with Gasteiger partial charge in [0.25, 0.3) is 0 Å². The second kappa shape index (κ2) is 5.15. The molecule has 0 bridgehead atoms.